The molecule has 1 saturated heterocycles. The highest BCUT2D eigenvalue weighted by Gasteiger charge is 2.33. The van der Waals surface area contributed by atoms with Crippen molar-refractivity contribution in [1.82, 2.24) is 24.6 Å². The van der Waals surface area contributed by atoms with Gasteiger partial charge < -0.3 is 14.2 Å². The lowest BCUT2D eigenvalue weighted by molar-refractivity contribution is -0.127. The van der Waals surface area contributed by atoms with Gasteiger partial charge in [0, 0.05) is 31.0 Å². The number of ether oxygens (including phenoxy) is 1. The second-order valence-corrected chi connectivity index (χ2v) is 9.74. The number of aryl methyl sites for hydroxylation is 2. The quantitative estimate of drug-likeness (QED) is 0.495. The van der Waals surface area contributed by atoms with E-state index >= 15 is 0 Å². The Morgan fingerprint density at radius 2 is 2.03 bits per heavy atom. The van der Waals surface area contributed by atoms with E-state index in [4.69, 9.17) is 4.74 Å². The molecule has 2 aliphatic rings. The largest absolute Gasteiger partial charge is 0.487 e. The molecule has 0 bridgehead atoms. The lowest BCUT2D eigenvalue weighted by Gasteiger charge is -2.23. The number of hydrogen-bond acceptors (Lipinski definition) is 6. The molecular weight excluding hydrogens is 434 g/mol. The van der Waals surface area contributed by atoms with E-state index in [2.05, 4.69) is 19.7 Å². The summed E-state index contributed by atoms with van der Waals surface area (Å²) in [6.45, 7) is 4.17. The normalized spacial score (nSPS) is 18.5. The number of thiazole rings is 1. The lowest BCUT2D eigenvalue weighted by Crippen LogP contribution is -2.30. The van der Waals surface area contributed by atoms with Crippen molar-refractivity contribution in [1.29, 1.82) is 0 Å². The van der Waals surface area contributed by atoms with Crippen LogP contribution in [0.5, 0.6) is 5.75 Å². The van der Waals surface area contributed by atoms with Crippen molar-refractivity contribution in [3.05, 3.63) is 63.6 Å². The smallest absolute Gasteiger partial charge is 0.247 e. The monoisotopic (exact) mass is 463 g/mol. The molecule has 0 spiro atoms. The Morgan fingerprint density at radius 3 is 2.85 bits per heavy atom. The third kappa shape index (κ3) is 5.00. The van der Waals surface area contributed by atoms with Crippen LogP contribution in [0.2, 0.25) is 0 Å². The molecule has 1 fully saturated rings. The summed E-state index contributed by atoms with van der Waals surface area (Å²) in [6.07, 6.45) is 10.0. The van der Waals surface area contributed by atoms with E-state index in [0.717, 1.165) is 72.4 Å². The van der Waals surface area contributed by atoms with Crippen LogP contribution < -0.4 is 4.74 Å². The van der Waals surface area contributed by atoms with Gasteiger partial charge in [0.2, 0.25) is 5.91 Å². The van der Waals surface area contributed by atoms with E-state index in [1.807, 2.05) is 47.5 Å². The Kier molecular flexibility index (Phi) is 6.53. The second-order valence-electron chi connectivity index (χ2n) is 8.68. The molecule has 8 heteroatoms. The minimum Gasteiger partial charge on any atom is -0.487 e. The predicted octanol–water partition coefficient (Wildman–Crippen LogP) is 4.73. The Balaban J connectivity index is 1.21. The lowest BCUT2D eigenvalue weighted by atomic mass is 10.2. The van der Waals surface area contributed by atoms with Crippen molar-refractivity contribution in [2.24, 2.45) is 0 Å². The number of carbonyl (C=O) groups is 1. The second kappa shape index (κ2) is 9.87. The zero-order valence-corrected chi connectivity index (χ0v) is 19.8. The minimum atomic E-state index is 0.0200. The molecule has 1 unspecified atom stereocenters. The van der Waals surface area contributed by atoms with Crippen LogP contribution in [0.25, 0.3) is 6.08 Å². The molecule has 0 radical (unpaired) electrons. The molecular formula is C25H29N5O2S. The number of likely N-dealkylation sites (tertiary alicyclic amines) is 1. The third-order valence-electron chi connectivity index (χ3n) is 6.32. The van der Waals surface area contributed by atoms with Crippen molar-refractivity contribution in [3.8, 4) is 5.75 Å². The van der Waals surface area contributed by atoms with Gasteiger partial charge in [0.1, 0.15) is 18.2 Å². The van der Waals surface area contributed by atoms with Crippen LogP contribution in [-0.2, 0) is 24.4 Å². The van der Waals surface area contributed by atoms with Crippen LogP contribution in [0.3, 0.4) is 0 Å². The number of carbonyl (C=O) groups excluding carboxylic acids is 1. The van der Waals surface area contributed by atoms with Crippen LogP contribution in [0.4, 0.5) is 0 Å². The van der Waals surface area contributed by atoms with Crippen LogP contribution in [-0.4, -0.2) is 37.1 Å². The minimum absolute atomic E-state index is 0.0200. The maximum Gasteiger partial charge on any atom is 0.247 e. The van der Waals surface area contributed by atoms with Crippen molar-refractivity contribution >= 4 is 23.3 Å². The van der Waals surface area contributed by atoms with Gasteiger partial charge in [-0.1, -0.05) is 18.6 Å². The molecule has 2 aliphatic heterocycles. The third-order valence-corrected chi connectivity index (χ3v) is 7.15. The summed E-state index contributed by atoms with van der Waals surface area (Å²) in [5.74, 6) is 2.85. The van der Waals surface area contributed by atoms with Crippen molar-refractivity contribution in [2.45, 2.75) is 64.6 Å². The Hall–Kier alpha value is -3.00. The fourth-order valence-corrected chi connectivity index (χ4v) is 5.22. The molecule has 172 valence electrons. The highest BCUT2D eigenvalue weighted by atomic mass is 32.1. The molecule has 7 nitrogen and oxygen atoms in total. The van der Waals surface area contributed by atoms with E-state index in [0.29, 0.717) is 6.61 Å². The van der Waals surface area contributed by atoms with Gasteiger partial charge in [0.25, 0.3) is 0 Å². The standard InChI is InChI=1S/C25H29N5O2S/c1-18-26-20(17-33-18)16-32-21-11-8-19(9-12-21)10-13-24(31)29-15-5-6-22(29)25-28-27-23-7-3-2-4-14-30(23)25/h8-13,17,22H,2-7,14-16H2,1H3/b13-10+. The molecule has 0 aliphatic carbocycles. The number of aromatic nitrogens is 4. The Morgan fingerprint density at radius 1 is 1.15 bits per heavy atom. The number of benzene rings is 1. The molecule has 1 aromatic carbocycles. The van der Waals surface area contributed by atoms with Crippen molar-refractivity contribution in [2.75, 3.05) is 6.54 Å². The first kappa shape index (κ1) is 21.8. The number of rotatable bonds is 6. The highest BCUT2D eigenvalue weighted by Crippen LogP contribution is 2.32. The molecule has 4 heterocycles. The highest BCUT2D eigenvalue weighted by molar-refractivity contribution is 7.09. The molecule has 0 saturated carbocycles. The molecule has 0 N–H and O–H groups in total. The topological polar surface area (TPSA) is 73.1 Å². The van der Waals surface area contributed by atoms with Gasteiger partial charge in [0.05, 0.1) is 16.7 Å². The summed E-state index contributed by atoms with van der Waals surface area (Å²) in [7, 11) is 0. The summed E-state index contributed by atoms with van der Waals surface area (Å²) < 4.78 is 8.07. The summed E-state index contributed by atoms with van der Waals surface area (Å²) in [4.78, 5) is 19.4. The van der Waals surface area contributed by atoms with Gasteiger partial charge in [-0.3, -0.25) is 4.79 Å². The fraction of sp³-hybridized carbons (Fsp3) is 0.440. The van der Waals surface area contributed by atoms with Gasteiger partial charge in [-0.2, -0.15) is 0 Å². The first-order chi connectivity index (χ1) is 16.2. The van der Waals surface area contributed by atoms with Gasteiger partial charge in [-0.25, -0.2) is 4.98 Å². The first-order valence-corrected chi connectivity index (χ1v) is 12.6. The van der Waals surface area contributed by atoms with Crippen molar-refractivity contribution < 1.29 is 9.53 Å². The molecule has 33 heavy (non-hydrogen) atoms. The molecule has 2 aromatic heterocycles. The van der Waals surface area contributed by atoms with Crippen LogP contribution >= 0.6 is 11.3 Å². The summed E-state index contributed by atoms with van der Waals surface area (Å²) in [5, 5.41) is 12.0. The van der Waals surface area contributed by atoms with Crippen LogP contribution in [0, 0.1) is 6.92 Å². The summed E-state index contributed by atoms with van der Waals surface area (Å²) in [5.41, 5.74) is 1.91. The fourth-order valence-electron chi connectivity index (χ4n) is 4.62. The van der Waals surface area contributed by atoms with E-state index in [1.54, 1.807) is 17.4 Å². The summed E-state index contributed by atoms with van der Waals surface area (Å²) >= 11 is 1.62. The average molecular weight is 464 g/mol. The van der Waals surface area contributed by atoms with E-state index in [-0.39, 0.29) is 11.9 Å². The first-order valence-electron chi connectivity index (χ1n) is 11.7. The van der Waals surface area contributed by atoms with Gasteiger partial charge in [0.15, 0.2) is 5.82 Å². The average Bonchev–Trinajstić information content (AvgIpc) is 3.53. The van der Waals surface area contributed by atoms with E-state index in [9.17, 15) is 4.79 Å². The molecule has 5 rings (SSSR count). The number of nitrogens with zero attached hydrogens (tertiary/aromatic N) is 5. The zero-order valence-electron chi connectivity index (χ0n) is 18.9. The number of fused-ring (bicyclic) bond motifs is 1. The molecule has 1 atom stereocenters. The summed E-state index contributed by atoms with van der Waals surface area (Å²) in [6, 6.07) is 7.80. The van der Waals surface area contributed by atoms with Crippen LogP contribution in [0.1, 0.15) is 66.1 Å². The van der Waals surface area contributed by atoms with Crippen molar-refractivity contribution in [3.63, 3.8) is 0 Å². The maximum atomic E-state index is 13.0. The van der Waals surface area contributed by atoms with Crippen LogP contribution in [0.15, 0.2) is 35.7 Å². The van der Waals surface area contributed by atoms with E-state index in [1.165, 1.54) is 12.8 Å². The molecule has 1 amide bonds. The van der Waals surface area contributed by atoms with Gasteiger partial charge >= 0.3 is 0 Å². The Labute approximate surface area is 198 Å². The number of hydrogen-bond donors (Lipinski definition) is 0. The predicted molar refractivity (Wildman–Crippen MR) is 128 cm³/mol. The van der Waals surface area contributed by atoms with E-state index < -0.39 is 0 Å². The SMILES string of the molecule is Cc1nc(COc2ccc(/C=C/C(=O)N3CCCC3c3nnc4n3CCCCC4)cc2)cs1. The van der Waals surface area contributed by atoms with Gasteiger partial charge in [-0.05, 0) is 56.4 Å². The van der Waals surface area contributed by atoms with Gasteiger partial charge in [-0.15, -0.1) is 21.5 Å². The Bertz CT molecular complexity index is 1130. The number of amides is 1. The maximum absolute atomic E-state index is 13.0. The zero-order chi connectivity index (χ0) is 22.6. The molecule has 3 aromatic rings.